The summed E-state index contributed by atoms with van der Waals surface area (Å²) in [6, 6.07) is 47.6. The fourth-order valence-electron chi connectivity index (χ4n) is 6.82. The van der Waals surface area contributed by atoms with Crippen molar-refractivity contribution in [2.75, 3.05) is 0 Å². The lowest BCUT2D eigenvalue weighted by Gasteiger charge is -2.39. The van der Waals surface area contributed by atoms with Crippen LogP contribution >= 0.6 is 0 Å². The van der Waals surface area contributed by atoms with Crippen LogP contribution in [0.2, 0.25) is 0 Å². The molecule has 0 aliphatic heterocycles. The lowest BCUT2D eigenvalue weighted by molar-refractivity contribution is 0.345. The van der Waals surface area contributed by atoms with Crippen molar-refractivity contribution in [3.05, 3.63) is 189 Å². The van der Waals surface area contributed by atoms with Crippen molar-refractivity contribution >= 4 is 0 Å². The SMILES string of the molecule is CCC.CCC.Cc1ccc(-c2ccc(C)cc2)cc1.Cc1ccc(C2(c3ccc(C)c(C)c3)CCCCC2)cc1C.Cc1ccc(Oc2ccc(C)cc2)cc1. The highest BCUT2D eigenvalue weighted by Crippen LogP contribution is 2.45. The zero-order chi connectivity index (χ0) is 41.8. The molecule has 0 unspecified atom stereocenters. The van der Waals surface area contributed by atoms with Crippen LogP contribution in [0.3, 0.4) is 0 Å². The molecule has 302 valence electrons. The summed E-state index contributed by atoms with van der Waals surface area (Å²) in [5, 5.41) is 0. The Morgan fingerprint density at radius 2 is 0.667 bits per heavy atom. The molecule has 0 bridgehead atoms. The van der Waals surface area contributed by atoms with Gasteiger partial charge in [0.15, 0.2) is 0 Å². The molecule has 0 radical (unpaired) electrons. The van der Waals surface area contributed by atoms with E-state index < -0.39 is 0 Å². The largest absolute Gasteiger partial charge is 0.457 e. The van der Waals surface area contributed by atoms with E-state index in [0.29, 0.717) is 0 Å². The number of rotatable bonds is 5. The monoisotopic (exact) mass is 761 g/mol. The Bertz CT molecular complexity index is 1860. The Labute approximate surface area is 348 Å². The summed E-state index contributed by atoms with van der Waals surface area (Å²) in [7, 11) is 0. The number of hydrogen-bond donors (Lipinski definition) is 0. The molecular formula is C56H72O. The van der Waals surface area contributed by atoms with E-state index in [0.717, 1.165) is 11.5 Å². The van der Waals surface area contributed by atoms with E-state index in [1.54, 1.807) is 0 Å². The molecule has 1 fully saturated rings. The van der Waals surface area contributed by atoms with E-state index in [1.807, 2.05) is 48.5 Å². The van der Waals surface area contributed by atoms with E-state index in [4.69, 9.17) is 4.74 Å². The molecule has 6 aromatic rings. The minimum absolute atomic E-state index is 0.231. The summed E-state index contributed by atoms with van der Waals surface area (Å²) in [4.78, 5) is 0. The molecule has 1 aliphatic rings. The molecule has 57 heavy (non-hydrogen) atoms. The van der Waals surface area contributed by atoms with Crippen LogP contribution in [0.15, 0.2) is 133 Å². The topological polar surface area (TPSA) is 9.23 Å². The van der Waals surface area contributed by atoms with Gasteiger partial charge in [0.25, 0.3) is 0 Å². The van der Waals surface area contributed by atoms with Crippen LogP contribution in [-0.2, 0) is 5.41 Å². The molecule has 0 N–H and O–H groups in total. The molecule has 7 rings (SSSR count). The van der Waals surface area contributed by atoms with Gasteiger partial charge in [0.2, 0.25) is 0 Å². The lowest BCUT2D eigenvalue weighted by Crippen LogP contribution is -2.30. The van der Waals surface area contributed by atoms with Crippen molar-refractivity contribution in [2.45, 2.75) is 133 Å². The number of aryl methyl sites for hydroxylation is 8. The van der Waals surface area contributed by atoms with Crippen LogP contribution in [0.4, 0.5) is 0 Å². The third-order valence-corrected chi connectivity index (χ3v) is 10.5. The predicted molar refractivity (Wildman–Crippen MR) is 251 cm³/mol. The van der Waals surface area contributed by atoms with E-state index in [2.05, 4.69) is 168 Å². The first kappa shape index (κ1) is 46.5. The quantitative estimate of drug-likeness (QED) is 0.170. The van der Waals surface area contributed by atoms with Crippen LogP contribution in [0.25, 0.3) is 11.1 Å². The van der Waals surface area contributed by atoms with Crippen LogP contribution in [0.5, 0.6) is 11.5 Å². The molecule has 0 saturated heterocycles. The summed E-state index contributed by atoms with van der Waals surface area (Å²) in [5.41, 5.74) is 16.6. The van der Waals surface area contributed by atoms with E-state index in [9.17, 15) is 0 Å². The maximum absolute atomic E-state index is 5.69. The lowest BCUT2D eigenvalue weighted by atomic mass is 9.64. The second-order valence-electron chi connectivity index (χ2n) is 16.1. The number of benzene rings is 6. The standard InChI is InChI=1S/C22H28.C14H14O.C14H14.2C3H8/c1-16-8-10-20(14-18(16)3)22(12-6-5-7-13-22)21-11-9-17(2)19(4)15-21;1-11-3-7-13(8-4-11)15-14-9-5-12(2)6-10-14;1-11-3-7-13(8-4-11)14-9-5-12(2)6-10-14;2*1-3-2/h8-11,14-15H,5-7,12-13H2,1-4H3;3-10H,1-2H3;3-10H,1-2H3;2*3H2,1-2H3. The van der Waals surface area contributed by atoms with Crippen LogP contribution in [0.1, 0.15) is 128 Å². The molecule has 1 saturated carbocycles. The van der Waals surface area contributed by atoms with E-state index in [-0.39, 0.29) is 5.41 Å². The Hall–Kier alpha value is -4.88. The first-order chi connectivity index (χ1) is 27.3. The van der Waals surface area contributed by atoms with Crippen molar-refractivity contribution in [3.8, 4) is 22.6 Å². The highest BCUT2D eigenvalue weighted by Gasteiger charge is 2.36. The van der Waals surface area contributed by atoms with Crippen LogP contribution < -0.4 is 4.74 Å². The average Bonchev–Trinajstić information content (AvgIpc) is 3.21. The van der Waals surface area contributed by atoms with Crippen molar-refractivity contribution in [1.82, 2.24) is 0 Å². The van der Waals surface area contributed by atoms with Gasteiger partial charge in [-0.05, 0) is 137 Å². The fraction of sp³-hybridized carbons (Fsp3) is 0.357. The third kappa shape index (κ3) is 14.9. The first-order valence-corrected chi connectivity index (χ1v) is 21.5. The second-order valence-corrected chi connectivity index (χ2v) is 16.1. The highest BCUT2D eigenvalue weighted by atomic mass is 16.5. The van der Waals surface area contributed by atoms with Gasteiger partial charge in [-0.25, -0.2) is 0 Å². The first-order valence-electron chi connectivity index (χ1n) is 21.5. The van der Waals surface area contributed by atoms with Gasteiger partial charge in [0.1, 0.15) is 11.5 Å². The molecule has 1 heteroatoms. The number of ether oxygens (including phenoxy) is 1. The molecule has 1 aliphatic carbocycles. The van der Waals surface area contributed by atoms with E-state index in [1.165, 1.54) is 112 Å². The Morgan fingerprint density at radius 1 is 0.368 bits per heavy atom. The van der Waals surface area contributed by atoms with Gasteiger partial charge in [0, 0.05) is 5.41 Å². The Morgan fingerprint density at radius 3 is 0.965 bits per heavy atom. The number of hydrogen-bond acceptors (Lipinski definition) is 1. The van der Waals surface area contributed by atoms with Gasteiger partial charge < -0.3 is 4.74 Å². The van der Waals surface area contributed by atoms with E-state index >= 15 is 0 Å². The third-order valence-electron chi connectivity index (χ3n) is 10.5. The smallest absolute Gasteiger partial charge is 0.127 e. The maximum atomic E-state index is 5.69. The summed E-state index contributed by atoms with van der Waals surface area (Å²) < 4.78 is 5.69. The van der Waals surface area contributed by atoms with Crippen LogP contribution in [-0.4, -0.2) is 0 Å². The maximum Gasteiger partial charge on any atom is 0.127 e. The van der Waals surface area contributed by atoms with Gasteiger partial charge in [-0.15, -0.1) is 0 Å². The van der Waals surface area contributed by atoms with Gasteiger partial charge >= 0.3 is 0 Å². The summed E-state index contributed by atoms with van der Waals surface area (Å²) in [6.07, 6.45) is 9.16. The van der Waals surface area contributed by atoms with Crippen molar-refractivity contribution < 1.29 is 4.74 Å². The highest BCUT2D eigenvalue weighted by molar-refractivity contribution is 5.63. The molecule has 0 atom stereocenters. The molecule has 6 aromatic carbocycles. The average molecular weight is 761 g/mol. The molecule has 0 spiro atoms. The molecule has 0 amide bonds. The van der Waals surface area contributed by atoms with Gasteiger partial charge in [0.05, 0.1) is 0 Å². The Balaban J connectivity index is 0.000000220. The second kappa shape index (κ2) is 24.0. The van der Waals surface area contributed by atoms with Crippen molar-refractivity contribution in [3.63, 3.8) is 0 Å². The van der Waals surface area contributed by atoms with Crippen molar-refractivity contribution in [1.29, 1.82) is 0 Å². The summed E-state index contributed by atoms with van der Waals surface area (Å²) in [6.45, 7) is 25.8. The Kier molecular flexibility index (Phi) is 19.6. The van der Waals surface area contributed by atoms with Crippen LogP contribution in [0, 0.1) is 55.4 Å². The molecular weight excluding hydrogens is 689 g/mol. The van der Waals surface area contributed by atoms with Crippen molar-refractivity contribution in [2.24, 2.45) is 0 Å². The zero-order valence-electron chi connectivity index (χ0n) is 37.6. The van der Waals surface area contributed by atoms with Gasteiger partial charge in [-0.2, -0.15) is 0 Å². The molecule has 0 heterocycles. The molecule has 1 nitrogen and oxygen atoms in total. The van der Waals surface area contributed by atoms with Gasteiger partial charge in [-0.1, -0.05) is 191 Å². The minimum atomic E-state index is 0.231. The summed E-state index contributed by atoms with van der Waals surface area (Å²) in [5.74, 6) is 1.76. The summed E-state index contributed by atoms with van der Waals surface area (Å²) >= 11 is 0. The molecule has 0 aromatic heterocycles. The predicted octanol–water partition coefficient (Wildman–Crippen LogP) is 17.1. The normalized spacial score (nSPS) is 12.5. The van der Waals surface area contributed by atoms with Gasteiger partial charge in [-0.3, -0.25) is 0 Å². The zero-order valence-corrected chi connectivity index (χ0v) is 37.6. The fourth-order valence-corrected chi connectivity index (χ4v) is 6.82. The minimum Gasteiger partial charge on any atom is -0.457 e.